The van der Waals surface area contributed by atoms with Crippen LogP contribution in [0.4, 0.5) is 0 Å². The number of phenolic OH excluding ortho intramolecular Hbond substituents is 3. The van der Waals surface area contributed by atoms with Crippen molar-refractivity contribution in [3.63, 3.8) is 0 Å². The highest BCUT2D eigenvalue weighted by molar-refractivity contribution is 6.05. The van der Waals surface area contributed by atoms with Gasteiger partial charge in [0.1, 0.15) is 17.2 Å². The van der Waals surface area contributed by atoms with E-state index in [-0.39, 0.29) is 17.2 Å². The average Bonchev–Trinajstić information content (AvgIpc) is 3.14. The normalized spacial score (nSPS) is 11.5. The fraction of sp³-hybridized carbons (Fsp3) is 0. The van der Waals surface area contributed by atoms with Gasteiger partial charge in [0.15, 0.2) is 0 Å². The second-order valence-electron chi connectivity index (χ2n) is 12.1. The molecule has 0 aliphatic rings. The van der Waals surface area contributed by atoms with Gasteiger partial charge in [-0.2, -0.15) is 0 Å². The number of benzene rings is 5. The molecule has 0 saturated carbocycles. The van der Waals surface area contributed by atoms with Crippen molar-refractivity contribution in [1.82, 2.24) is 19.9 Å². The predicted octanol–water partition coefficient (Wildman–Crippen LogP) is 9.66. The molecule has 0 aliphatic carbocycles. The first-order valence-corrected chi connectivity index (χ1v) is 15.8. The zero-order chi connectivity index (χ0) is 33.1. The van der Waals surface area contributed by atoms with E-state index in [9.17, 15) is 15.3 Å². The van der Waals surface area contributed by atoms with Gasteiger partial charge >= 0.3 is 0 Å². The highest BCUT2D eigenvalue weighted by Gasteiger charge is 2.13. The number of nitrogens with zero attached hydrogens (tertiary/aromatic N) is 4. The molecular weight excluding hydrogens is 608 g/mol. The van der Waals surface area contributed by atoms with Gasteiger partial charge in [-0.25, -0.2) is 19.9 Å². The summed E-state index contributed by atoms with van der Waals surface area (Å²) in [5.74, 6) is 0.512. The molecule has 9 aromatic rings. The van der Waals surface area contributed by atoms with Crippen LogP contribution in [0.1, 0.15) is 0 Å². The molecule has 9 rings (SSSR count). The second-order valence-corrected chi connectivity index (χ2v) is 12.1. The van der Waals surface area contributed by atoms with E-state index in [1.807, 2.05) is 103 Å². The Morgan fingerprint density at radius 1 is 0.265 bits per heavy atom. The predicted molar refractivity (Wildman–Crippen MR) is 194 cm³/mol. The van der Waals surface area contributed by atoms with E-state index >= 15 is 0 Å². The molecule has 0 amide bonds. The number of hydrogen-bond acceptors (Lipinski definition) is 7. The molecule has 7 heteroatoms. The highest BCUT2D eigenvalue weighted by Crippen LogP contribution is 2.34. The summed E-state index contributed by atoms with van der Waals surface area (Å²) in [6.45, 7) is 0. The largest absolute Gasteiger partial charge is 0.508 e. The molecule has 4 heterocycles. The Morgan fingerprint density at radius 3 is 0.878 bits per heavy atom. The van der Waals surface area contributed by atoms with Crippen molar-refractivity contribution in [3.05, 3.63) is 140 Å². The lowest BCUT2D eigenvalue weighted by Crippen LogP contribution is -1.93. The van der Waals surface area contributed by atoms with Crippen LogP contribution in [-0.2, 0) is 0 Å². The molecule has 0 fully saturated rings. The number of rotatable bonds is 4. The van der Waals surface area contributed by atoms with E-state index in [1.54, 1.807) is 36.4 Å². The maximum absolute atomic E-state index is 10.9. The van der Waals surface area contributed by atoms with Gasteiger partial charge in [-0.05, 0) is 91.0 Å². The Bertz CT molecular complexity index is 2560. The molecule has 232 valence electrons. The molecule has 3 N–H and O–H groups in total. The minimum atomic E-state index is 0.104. The highest BCUT2D eigenvalue weighted by atomic mass is 16.3. The molecule has 7 nitrogen and oxygen atoms in total. The maximum atomic E-state index is 10.9. The topological polar surface area (TPSA) is 112 Å². The first-order chi connectivity index (χ1) is 23.9. The zero-order valence-electron chi connectivity index (χ0n) is 25.9. The molecule has 0 aliphatic heterocycles. The lowest BCUT2D eigenvalue weighted by atomic mass is 10.0. The fourth-order valence-electron chi connectivity index (χ4n) is 6.35. The van der Waals surface area contributed by atoms with Gasteiger partial charge in [0.2, 0.25) is 0 Å². The van der Waals surface area contributed by atoms with Gasteiger partial charge in [0.25, 0.3) is 0 Å². The van der Waals surface area contributed by atoms with Crippen LogP contribution in [0.25, 0.3) is 88.6 Å². The van der Waals surface area contributed by atoms with E-state index in [0.29, 0.717) is 11.4 Å². The van der Waals surface area contributed by atoms with Crippen LogP contribution in [0, 0.1) is 0 Å². The molecule has 49 heavy (non-hydrogen) atoms. The Balaban J connectivity index is 1.15. The van der Waals surface area contributed by atoms with Crippen molar-refractivity contribution >= 4 is 43.6 Å². The van der Waals surface area contributed by atoms with Crippen molar-refractivity contribution < 1.29 is 15.3 Å². The number of hydrogen-bond donors (Lipinski definition) is 3. The van der Waals surface area contributed by atoms with Crippen molar-refractivity contribution in [2.45, 2.75) is 0 Å². The molecule has 0 radical (unpaired) electrons. The van der Waals surface area contributed by atoms with Crippen LogP contribution in [0.15, 0.2) is 140 Å². The summed E-state index contributed by atoms with van der Waals surface area (Å²) in [6.07, 6.45) is 0. The minimum Gasteiger partial charge on any atom is -0.508 e. The number of fused-ring (bicyclic) bond motifs is 6. The summed E-state index contributed by atoms with van der Waals surface area (Å²) >= 11 is 0. The summed E-state index contributed by atoms with van der Waals surface area (Å²) in [5, 5.41) is 34.3. The van der Waals surface area contributed by atoms with Gasteiger partial charge in [0, 0.05) is 43.8 Å². The summed E-state index contributed by atoms with van der Waals surface area (Å²) in [4.78, 5) is 20.1. The van der Waals surface area contributed by atoms with Crippen LogP contribution >= 0.6 is 0 Å². The third kappa shape index (κ3) is 5.10. The van der Waals surface area contributed by atoms with Crippen LogP contribution in [-0.4, -0.2) is 35.3 Å². The zero-order valence-corrected chi connectivity index (χ0v) is 25.9. The third-order valence-corrected chi connectivity index (χ3v) is 8.87. The monoisotopic (exact) mass is 634 g/mol. The van der Waals surface area contributed by atoms with Gasteiger partial charge in [-0.15, -0.1) is 0 Å². The molecule has 0 spiro atoms. The van der Waals surface area contributed by atoms with E-state index in [2.05, 4.69) is 0 Å². The number of aromatic hydroxyl groups is 3. The van der Waals surface area contributed by atoms with Gasteiger partial charge in [-0.3, -0.25) is 0 Å². The van der Waals surface area contributed by atoms with E-state index < -0.39 is 0 Å². The quantitative estimate of drug-likeness (QED) is 0.165. The summed E-state index contributed by atoms with van der Waals surface area (Å²) < 4.78 is 0. The van der Waals surface area contributed by atoms with Crippen molar-refractivity contribution in [1.29, 1.82) is 0 Å². The Hall–Kier alpha value is -6.86. The molecule has 0 bridgehead atoms. The Kier molecular flexibility index (Phi) is 6.45. The van der Waals surface area contributed by atoms with Crippen LogP contribution in [0.2, 0.25) is 0 Å². The van der Waals surface area contributed by atoms with Crippen LogP contribution in [0.3, 0.4) is 0 Å². The smallest absolute Gasteiger partial charge is 0.116 e. The summed E-state index contributed by atoms with van der Waals surface area (Å²) in [5.41, 5.74) is 9.30. The maximum Gasteiger partial charge on any atom is 0.116 e. The van der Waals surface area contributed by atoms with Crippen molar-refractivity contribution in [2.75, 3.05) is 0 Å². The van der Waals surface area contributed by atoms with Crippen LogP contribution < -0.4 is 0 Å². The lowest BCUT2D eigenvalue weighted by molar-refractivity contribution is 0.475. The Morgan fingerprint density at radius 2 is 0.551 bits per heavy atom. The van der Waals surface area contributed by atoms with Gasteiger partial charge in [-0.1, -0.05) is 48.5 Å². The Labute approximate surface area is 280 Å². The first-order valence-electron chi connectivity index (χ1n) is 15.8. The summed E-state index contributed by atoms with van der Waals surface area (Å²) in [6, 6.07) is 43.5. The number of phenols is 3. The minimum absolute atomic E-state index is 0.104. The third-order valence-electron chi connectivity index (χ3n) is 8.87. The SMILES string of the molecule is Oc1ccc(-c2ccc3ccc4ccc(-c5cc(O)cc(-c6ccc7ccc8ccc(-c9ccc(O)cc9)nc8c7n6)c5)nc4c3n2)cc1. The number of aromatic nitrogens is 4. The van der Waals surface area contributed by atoms with Gasteiger partial charge < -0.3 is 15.3 Å². The first kappa shape index (κ1) is 28.4. The lowest BCUT2D eigenvalue weighted by Gasteiger charge is -2.11. The number of pyridine rings is 4. The van der Waals surface area contributed by atoms with Gasteiger partial charge in [0.05, 0.1) is 44.8 Å². The van der Waals surface area contributed by atoms with E-state index in [4.69, 9.17) is 19.9 Å². The molecular formula is C42H26N4O3. The molecule has 0 unspecified atom stereocenters. The van der Waals surface area contributed by atoms with Crippen molar-refractivity contribution in [2.24, 2.45) is 0 Å². The van der Waals surface area contributed by atoms with Crippen molar-refractivity contribution in [3.8, 4) is 62.3 Å². The average molecular weight is 635 g/mol. The molecule has 4 aromatic heterocycles. The van der Waals surface area contributed by atoms with E-state index in [1.165, 1.54) is 0 Å². The fourth-order valence-corrected chi connectivity index (χ4v) is 6.35. The van der Waals surface area contributed by atoms with Crippen LogP contribution in [0.5, 0.6) is 17.2 Å². The molecule has 0 atom stereocenters. The standard InChI is InChI=1S/C42H26N4O3/c47-32-13-5-24(6-14-32)35-17-9-26-1-3-28-11-19-37(45-41(28)39(26)43-35)30-21-31(23-34(49)22-30)38-20-12-29-4-2-27-10-18-36(44-40(27)42(29)46-38)25-7-15-33(48)16-8-25/h1-23,47-49H. The molecule has 0 saturated heterocycles. The summed E-state index contributed by atoms with van der Waals surface area (Å²) in [7, 11) is 0. The van der Waals surface area contributed by atoms with E-state index in [0.717, 1.165) is 77.3 Å². The molecule has 5 aromatic carbocycles. The second kappa shape index (κ2) is 11.1.